The predicted octanol–water partition coefficient (Wildman–Crippen LogP) is 4.23. The fraction of sp³-hybridized carbons (Fsp3) is 0.0833. The van der Waals surface area contributed by atoms with Gasteiger partial charge in [0.1, 0.15) is 0 Å². The third-order valence-corrected chi connectivity index (χ3v) is 5.30. The Morgan fingerprint density at radius 2 is 2.24 bits per heavy atom. The van der Waals surface area contributed by atoms with Crippen molar-refractivity contribution in [3.63, 3.8) is 0 Å². The maximum atomic E-state index is 5.76. The number of nitrogens with two attached hydrogens (primary N) is 1. The Morgan fingerprint density at radius 1 is 1.29 bits per heavy atom. The zero-order valence-corrected chi connectivity index (χ0v) is 11.4. The molecular formula is C12H10N2S3. The zero-order chi connectivity index (χ0) is 11.7. The van der Waals surface area contributed by atoms with Gasteiger partial charge in [0.05, 0.1) is 10.2 Å². The summed E-state index contributed by atoms with van der Waals surface area (Å²) >= 11 is 5.23. The van der Waals surface area contributed by atoms with Crippen LogP contribution in [0.5, 0.6) is 0 Å². The molecule has 5 heteroatoms. The SMILES string of the molecule is Nc1ccc2nc(SCc3ccsc3)sc2c1. The van der Waals surface area contributed by atoms with Crippen LogP contribution in [-0.2, 0) is 5.75 Å². The Labute approximate surface area is 111 Å². The molecule has 86 valence electrons. The Bertz CT molecular complexity index is 628. The van der Waals surface area contributed by atoms with Crippen LogP contribution < -0.4 is 5.73 Å². The summed E-state index contributed by atoms with van der Waals surface area (Å²) in [5, 5.41) is 4.28. The van der Waals surface area contributed by atoms with E-state index in [1.807, 2.05) is 18.2 Å². The lowest BCUT2D eigenvalue weighted by molar-refractivity contribution is 1.29. The molecule has 3 aromatic rings. The van der Waals surface area contributed by atoms with E-state index in [1.54, 1.807) is 34.4 Å². The van der Waals surface area contributed by atoms with Crippen LogP contribution in [0, 0.1) is 0 Å². The van der Waals surface area contributed by atoms with Crippen LogP contribution in [0.2, 0.25) is 0 Å². The molecule has 0 aliphatic rings. The Kier molecular flexibility index (Phi) is 3.05. The molecule has 17 heavy (non-hydrogen) atoms. The Balaban J connectivity index is 1.81. The summed E-state index contributed by atoms with van der Waals surface area (Å²) in [6, 6.07) is 8.02. The van der Waals surface area contributed by atoms with Crippen molar-refractivity contribution in [1.29, 1.82) is 0 Å². The molecule has 0 aliphatic heterocycles. The van der Waals surface area contributed by atoms with Gasteiger partial charge in [-0.05, 0) is 40.6 Å². The molecule has 2 N–H and O–H groups in total. The number of hydrogen-bond acceptors (Lipinski definition) is 5. The second-order valence-electron chi connectivity index (χ2n) is 3.63. The molecule has 0 aliphatic carbocycles. The summed E-state index contributed by atoms with van der Waals surface area (Å²) in [5.74, 6) is 0.985. The number of nitrogen functional groups attached to an aromatic ring is 1. The molecule has 2 heterocycles. The highest BCUT2D eigenvalue weighted by atomic mass is 32.2. The average molecular weight is 278 g/mol. The van der Waals surface area contributed by atoms with E-state index in [0.29, 0.717) is 0 Å². The fourth-order valence-electron chi connectivity index (χ4n) is 1.50. The van der Waals surface area contributed by atoms with Crippen molar-refractivity contribution >= 4 is 50.3 Å². The van der Waals surface area contributed by atoms with Gasteiger partial charge in [0.2, 0.25) is 0 Å². The first-order chi connectivity index (χ1) is 8.31. The van der Waals surface area contributed by atoms with Gasteiger partial charge in [0.15, 0.2) is 4.34 Å². The smallest absolute Gasteiger partial charge is 0.151 e. The minimum absolute atomic E-state index is 0.801. The number of benzene rings is 1. The van der Waals surface area contributed by atoms with Crippen molar-refractivity contribution in [2.75, 3.05) is 5.73 Å². The van der Waals surface area contributed by atoms with E-state index in [9.17, 15) is 0 Å². The van der Waals surface area contributed by atoms with E-state index in [-0.39, 0.29) is 0 Å². The molecule has 0 unspecified atom stereocenters. The molecule has 0 spiro atoms. The molecule has 3 rings (SSSR count). The number of hydrogen-bond donors (Lipinski definition) is 1. The minimum atomic E-state index is 0.801. The molecular weight excluding hydrogens is 268 g/mol. The molecule has 1 aromatic carbocycles. The van der Waals surface area contributed by atoms with Gasteiger partial charge in [0, 0.05) is 11.4 Å². The molecule has 2 nitrogen and oxygen atoms in total. The first-order valence-corrected chi connectivity index (χ1v) is 7.86. The molecule has 0 amide bonds. The van der Waals surface area contributed by atoms with Gasteiger partial charge in [-0.1, -0.05) is 11.8 Å². The highest BCUT2D eigenvalue weighted by Gasteiger charge is 2.05. The number of thiophene rings is 1. The molecule has 2 aromatic heterocycles. The van der Waals surface area contributed by atoms with Crippen LogP contribution in [0.3, 0.4) is 0 Å². The van der Waals surface area contributed by atoms with Gasteiger partial charge < -0.3 is 5.73 Å². The molecule has 0 saturated heterocycles. The van der Waals surface area contributed by atoms with E-state index < -0.39 is 0 Å². The summed E-state index contributed by atoms with van der Waals surface area (Å²) in [4.78, 5) is 4.58. The number of nitrogens with zero attached hydrogens (tertiary/aromatic N) is 1. The first-order valence-electron chi connectivity index (χ1n) is 5.11. The van der Waals surface area contributed by atoms with Crippen molar-refractivity contribution in [2.24, 2.45) is 0 Å². The number of thiazole rings is 1. The van der Waals surface area contributed by atoms with Crippen LogP contribution in [0.1, 0.15) is 5.56 Å². The second-order valence-corrected chi connectivity index (χ2v) is 6.66. The van der Waals surface area contributed by atoms with E-state index in [0.717, 1.165) is 26.0 Å². The number of anilines is 1. The zero-order valence-electron chi connectivity index (χ0n) is 8.92. The summed E-state index contributed by atoms with van der Waals surface area (Å²) in [5.41, 5.74) is 8.96. The van der Waals surface area contributed by atoms with Crippen LogP contribution in [0.25, 0.3) is 10.2 Å². The monoisotopic (exact) mass is 278 g/mol. The Hall–Kier alpha value is -1.04. The van der Waals surface area contributed by atoms with Crippen LogP contribution in [-0.4, -0.2) is 4.98 Å². The van der Waals surface area contributed by atoms with Crippen LogP contribution >= 0.6 is 34.4 Å². The van der Waals surface area contributed by atoms with Crippen molar-refractivity contribution < 1.29 is 0 Å². The van der Waals surface area contributed by atoms with Gasteiger partial charge in [0.25, 0.3) is 0 Å². The largest absolute Gasteiger partial charge is 0.399 e. The molecule has 0 atom stereocenters. The molecule has 0 fully saturated rings. The summed E-state index contributed by atoms with van der Waals surface area (Å²) < 4.78 is 2.27. The quantitative estimate of drug-likeness (QED) is 0.575. The standard InChI is InChI=1S/C12H10N2S3/c13-9-1-2-10-11(5-9)17-12(14-10)16-7-8-3-4-15-6-8/h1-6H,7,13H2. The Morgan fingerprint density at radius 3 is 3.06 bits per heavy atom. The van der Waals surface area contributed by atoms with Gasteiger partial charge in [-0.25, -0.2) is 4.98 Å². The third kappa shape index (κ3) is 2.46. The normalized spacial score (nSPS) is 11.1. The van der Waals surface area contributed by atoms with Gasteiger partial charge in [-0.15, -0.1) is 11.3 Å². The maximum Gasteiger partial charge on any atom is 0.151 e. The number of rotatable bonds is 3. The molecule has 0 radical (unpaired) electrons. The maximum absolute atomic E-state index is 5.76. The lowest BCUT2D eigenvalue weighted by Gasteiger charge is -1.92. The number of thioether (sulfide) groups is 1. The fourth-order valence-corrected chi connectivity index (χ4v) is 4.34. The van der Waals surface area contributed by atoms with E-state index in [4.69, 9.17) is 5.73 Å². The predicted molar refractivity (Wildman–Crippen MR) is 77.9 cm³/mol. The number of fused-ring (bicyclic) bond motifs is 1. The van der Waals surface area contributed by atoms with E-state index in [1.165, 1.54) is 5.56 Å². The lowest BCUT2D eigenvalue weighted by Crippen LogP contribution is -1.81. The highest BCUT2D eigenvalue weighted by molar-refractivity contribution is 8.00. The van der Waals surface area contributed by atoms with Crippen LogP contribution in [0.15, 0.2) is 39.4 Å². The first kappa shape index (κ1) is 11.1. The van der Waals surface area contributed by atoms with Crippen molar-refractivity contribution in [3.8, 4) is 0 Å². The van der Waals surface area contributed by atoms with Gasteiger partial charge in [-0.2, -0.15) is 11.3 Å². The van der Waals surface area contributed by atoms with E-state index >= 15 is 0 Å². The third-order valence-electron chi connectivity index (χ3n) is 2.34. The topological polar surface area (TPSA) is 38.9 Å². The minimum Gasteiger partial charge on any atom is -0.399 e. The van der Waals surface area contributed by atoms with Crippen molar-refractivity contribution in [1.82, 2.24) is 4.98 Å². The molecule has 0 saturated carbocycles. The van der Waals surface area contributed by atoms with Gasteiger partial charge >= 0.3 is 0 Å². The summed E-state index contributed by atoms with van der Waals surface area (Å²) in [6.45, 7) is 0. The van der Waals surface area contributed by atoms with Gasteiger partial charge in [-0.3, -0.25) is 0 Å². The van der Waals surface area contributed by atoms with Crippen molar-refractivity contribution in [2.45, 2.75) is 10.1 Å². The average Bonchev–Trinajstić information content (AvgIpc) is 2.94. The van der Waals surface area contributed by atoms with E-state index in [2.05, 4.69) is 21.8 Å². The second kappa shape index (κ2) is 4.68. The number of aromatic nitrogens is 1. The van der Waals surface area contributed by atoms with Crippen LogP contribution in [0.4, 0.5) is 5.69 Å². The molecule has 0 bridgehead atoms. The summed E-state index contributed by atoms with van der Waals surface area (Å²) in [7, 11) is 0. The highest BCUT2D eigenvalue weighted by Crippen LogP contribution is 2.32. The lowest BCUT2D eigenvalue weighted by atomic mass is 10.3. The van der Waals surface area contributed by atoms with Crippen molar-refractivity contribution in [3.05, 3.63) is 40.6 Å². The summed E-state index contributed by atoms with van der Waals surface area (Å²) in [6.07, 6.45) is 0.